The molecule has 2 aromatic carbocycles. The lowest BCUT2D eigenvalue weighted by Gasteiger charge is -2.27. The number of sulfone groups is 1. The molecule has 1 aliphatic rings. The zero-order valence-electron chi connectivity index (χ0n) is 15.7. The molecule has 0 N–H and O–H groups in total. The summed E-state index contributed by atoms with van der Waals surface area (Å²) in [6, 6.07) is 12.6. The van der Waals surface area contributed by atoms with Crippen molar-refractivity contribution in [1.82, 2.24) is 4.31 Å². The highest BCUT2D eigenvalue weighted by Crippen LogP contribution is 2.28. The summed E-state index contributed by atoms with van der Waals surface area (Å²) < 4.78 is 62.3. The number of methoxy groups -OCH3 is 2. The summed E-state index contributed by atoms with van der Waals surface area (Å²) in [4.78, 5) is 0.0977. The van der Waals surface area contributed by atoms with Gasteiger partial charge in [-0.2, -0.15) is 4.31 Å². The molecule has 1 saturated heterocycles. The summed E-state index contributed by atoms with van der Waals surface area (Å²) in [5.74, 6) is 0.969. The van der Waals surface area contributed by atoms with Crippen LogP contribution in [0.5, 0.6) is 11.5 Å². The van der Waals surface area contributed by atoms with Gasteiger partial charge in [-0.3, -0.25) is 0 Å². The lowest BCUT2D eigenvalue weighted by Crippen LogP contribution is -2.40. The molecule has 0 radical (unpaired) electrons. The Labute approximate surface area is 165 Å². The van der Waals surface area contributed by atoms with Gasteiger partial charge in [-0.05, 0) is 48.4 Å². The van der Waals surface area contributed by atoms with Gasteiger partial charge in [0, 0.05) is 12.6 Å². The minimum Gasteiger partial charge on any atom is -0.497 e. The van der Waals surface area contributed by atoms with Gasteiger partial charge in [0.05, 0.1) is 30.6 Å². The van der Waals surface area contributed by atoms with E-state index >= 15 is 0 Å². The van der Waals surface area contributed by atoms with E-state index < -0.39 is 25.9 Å². The quantitative estimate of drug-likeness (QED) is 0.675. The summed E-state index contributed by atoms with van der Waals surface area (Å²) >= 11 is 0. The van der Waals surface area contributed by atoms with Crippen LogP contribution < -0.4 is 9.47 Å². The maximum atomic E-state index is 13.3. The monoisotopic (exact) mass is 425 g/mol. The highest BCUT2D eigenvalue weighted by Gasteiger charge is 2.38. The fourth-order valence-electron chi connectivity index (χ4n) is 3.25. The van der Waals surface area contributed by atoms with E-state index in [0.717, 1.165) is 5.56 Å². The van der Waals surface area contributed by atoms with E-state index in [9.17, 15) is 16.8 Å². The SMILES string of the molecule is COc1ccc(S(=O)(=O)N(Cc2cccc(OC)c2)[C@@H]2CCS(=O)(=O)C2)cc1. The van der Waals surface area contributed by atoms with Crippen molar-refractivity contribution in [2.45, 2.75) is 23.9 Å². The molecular formula is C19H23NO6S2. The molecule has 0 bridgehead atoms. The molecule has 0 unspecified atom stereocenters. The molecule has 0 saturated carbocycles. The molecular weight excluding hydrogens is 402 g/mol. The van der Waals surface area contributed by atoms with Gasteiger partial charge < -0.3 is 9.47 Å². The first-order valence-corrected chi connectivity index (χ1v) is 12.0. The molecule has 0 aromatic heterocycles. The first-order valence-electron chi connectivity index (χ1n) is 8.74. The topological polar surface area (TPSA) is 90.0 Å². The summed E-state index contributed by atoms with van der Waals surface area (Å²) in [5, 5.41) is 0. The van der Waals surface area contributed by atoms with Gasteiger partial charge in [0.15, 0.2) is 9.84 Å². The van der Waals surface area contributed by atoms with Gasteiger partial charge in [-0.15, -0.1) is 0 Å². The Balaban J connectivity index is 1.99. The zero-order chi connectivity index (χ0) is 20.4. The minimum absolute atomic E-state index is 0.00951. The molecule has 152 valence electrons. The maximum absolute atomic E-state index is 13.3. The Hall–Kier alpha value is -2.10. The van der Waals surface area contributed by atoms with Crippen LogP contribution in [-0.4, -0.2) is 52.9 Å². The van der Waals surface area contributed by atoms with Crippen LogP contribution in [0.1, 0.15) is 12.0 Å². The van der Waals surface area contributed by atoms with Crippen LogP contribution in [0.4, 0.5) is 0 Å². The highest BCUT2D eigenvalue weighted by atomic mass is 32.2. The number of hydrogen-bond acceptors (Lipinski definition) is 6. The van der Waals surface area contributed by atoms with Crippen LogP contribution >= 0.6 is 0 Å². The molecule has 0 amide bonds. The predicted octanol–water partition coefficient (Wildman–Crippen LogP) is 2.08. The van der Waals surface area contributed by atoms with Crippen molar-refractivity contribution in [3.05, 3.63) is 54.1 Å². The standard InChI is InChI=1S/C19H23NO6S2/c1-25-17-6-8-19(9-7-17)28(23,24)20(16-10-11-27(21,22)14-16)13-15-4-3-5-18(12-15)26-2/h3-9,12,16H,10-11,13-14H2,1-2H3/t16-/m1/s1. The Morgan fingerprint density at radius 1 is 1.04 bits per heavy atom. The van der Waals surface area contributed by atoms with Gasteiger partial charge in [-0.1, -0.05) is 12.1 Å². The Morgan fingerprint density at radius 2 is 1.71 bits per heavy atom. The third-order valence-electron chi connectivity index (χ3n) is 4.75. The molecule has 9 heteroatoms. The smallest absolute Gasteiger partial charge is 0.243 e. The first-order chi connectivity index (χ1) is 13.2. The summed E-state index contributed by atoms with van der Waals surface area (Å²) in [6.07, 6.45) is 0.279. The van der Waals surface area contributed by atoms with Crippen molar-refractivity contribution in [3.8, 4) is 11.5 Å². The fraction of sp³-hybridized carbons (Fsp3) is 0.368. The van der Waals surface area contributed by atoms with Crippen molar-refractivity contribution < 1.29 is 26.3 Å². The van der Waals surface area contributed by atoms with E-state index in [4.69, 9.17) is 9.47 Å². The summed E-state index contributed by atoms with van der Waals surface area (Å²) in [7, 11) is -4.12. The first kappa shape index (κ1) is 20.6. The van der Waals surface area contributed by atoms with Gasteiger partial charge in [-0.25, -0.2) is 16.8 Å². The molecule has 0 spiro atoms. The number of ether oxygens (including phenoxy) is 2. The number of benzene rings is 2. The van der Waals surface area contributed by atoms with E-state index in [0.29, 0.717) is 11.5 Å². The Morgan fingerprint density at radius 3 is 2.29 bits per heavy atom. The van der Waals surface area contributed by atoms with E-state index in [-0.39, 0.29) is 29.4 Å². The summed E-state index contributed by atoms with van der Waals surface area (Å²) in [6.45, 7) is 0.0613. The second-order valence-corrected chi connectivity index (χ2v) is 10.8. The number of nitrogens with zero attached hydrogens (tertiary/aromatic N) is 1. The van der Waals surface area contributed by atoms with Crippen LogP contribution in [-0.2, 0) is 26.4 Å². The molecule has 1 fully saturated rings. The third kappa shape index (κ3) is 4.48. The molecule has 3 rings (SSSR count). The zero-order valence-corrected chi connectivity index (χ0v) is 17.4. The van der Waals surface area contributed by atoms with E-state index in [1.54, 1.807) is 36.4 Å². The average Bonchev–Trinajstić information content (AvgIpc) is 3.05. The van der Waals surface area contributed by atoms with Crippen LogP contribution in [0.3, 0.4) is 0 Å². The van der Waals surface area contributed by atoms with E-state index in [2.05, 4.69) is 0 Å². The molecule has 0 aliphatic carbocycles. The fourth-order valence-corrected chi connectivity index (χ4v) is 6.71. The number of sulfonamides is 1. The van der Waals surface area contributed by atoms with Gasteiger partial charge in [0.2, 0.25) is 10.0 Å². The Bertz CT molecular complexity index is 1030. The molecule has 2 aromatic rings. The molecule has 28 heavy (non-hydrogen) atoms. The van der Waals surface area contributed by atoms with Crippen molar-refractivity contribution in [3.63, 3.8) is 0 Å². The van der Waals surface area contributed by atoms with Crippen molar-refractivity contribution in [2.24, 2.45) is 0 Å². The predicted molar refractivity (Wildman–Crippen MR) is 106 cm³/mol. The second kappa shape index (κ2) is 8.10. The Kier molecular flexibility index (Phi) is 5.97. The number of rotatable bonds is 7. The van der Waals surface area contributed by atoms with Gasteiger partial charge in [0.25, 0.3) is 0 Å². The van der Waals surface area contributed by atoms with Crippen LogP contribution in [0, 0.1) is 0 Å². The van der Waals surface area contributed by atoms with E-state index in [1.807, 2.05) is 0 Å². The minimum atomic E-state index is -3.90. The van der Waals surface area contributed by atoms with Crippen LogP contribution in [0.15, 0.2) is 53.4 Å². The van der Waals surface area contributed by atoms with Gasteiger partial charge in [0.1, 0.15) is 11.5 Å². The molecule has 1 aliphatic heterocycles. The average molecular weight is 426 g/mol. The van der Waals surface area contributed by atoms with Crippen molar-refractivity contribution in [1.29, 1.82) is 0 Å². The van der Waals surface area contributed by atoms with Crippen LogP contribution in [0.25, 0.3) is 0 Å². The second-order valence-electron chi connectivity index (χ2n) is 6.63. The third-order valence-corrected chi connectivity index (χ3v) is 8.42. The maximum Gasteiger partial charge on any atom is 0.243 e. The normalized spacial score (nSPS) is 18.9. The molecule has 7 nitrogen and oxygen atoms in total. The van der Waals surface area contributed by atoms with Crippen molar-refractivity contribution in [2.75, 3.05) is 25.7 Å². The van der Waals surface area contributed by atoms with Crippen molar-refractivity contribution >= 4 is 19.9 Å². The lowest BCUT2D eigenvalue weighted by molar-refractivity contribution is 0.333. The summed E-state index contributed by atoms with van der Waals surface area (Å²) in [5.41, 5.74) is 0.723. The lowest BCUT2D eigenvalue weighted by atomic mass is 10.2. The largest absolute Gasteiger partial charge is 0.497 e. The molecule has 1 heterocycles. The van der Waals surface area contributed by atoms with E-state index in [1.165, 1.54) is 30.7 Å². The highest BCUT2D eigenvalue weighted by molar-refractivity contribution is 7.92. The van der Waals surface area contributed by atoms with Gasteiger partial charge >= 0.3 is 0 Å². The molecule has 1 atom stereocenters. The van der Waals surface area contributed by atoms with Crippen LogP contribution in [0.2, 0.25) is 0 Å². The number of hydrogen-bond donors (Lipinski definition) is 0.